The largest absolute Gasteiger partial charge is 0.356 e. The molecule has 3 N–H and O–H groups in total. The van der Waals surface area contributed by atoms with E-state index in [1.807, 2.05) is 51.1 Å². The van der Waals surface area contributed by atoms with Gasteiger partial charge in [-0.25, -0.2) is 8.42 Å². The van der Waals surface area contributed by atoms with Crippen LogP contribution in [0.2, 0.25) is 0 Å². The number of aromatic nitrogens is 1. The zero-order chi connectivity index (χ0) is 30.2. The lowest BCUT2D eigenvalue weighted by atomic mass is 9.99. The van der Waals surface area contributed by atoms with Gasteiger partial charge in [0.2, 0.25) is 15.9 Å². The van der Waals surface area contributed by atoms with E-state index in [-0.39, 0.29) is 12.2 Å². The van der Waals surface area contributed by atoms with E-state index in [9.17, 15) is 22.8 Å². The summed E-state index contributed by atoms with van der Waals surface area (Å²) >= 11 is 0. The van der Waals surface area contributed by atoms with Crippen LogP contribution in [0.3, 0.4) is 0 Å². The molecule has 2 aromatic carbocycles. The molecule has 1 aromatic heterocycles. The summed E-state index contributed by atoms with van der Waals surface area (Å²) in [7, 11) is -3.84. The van der Waals surface area contributed by atoms with Crippen molar-refractivity contribution in [2.24, 2.45) is 5.92 Å². The lowest BCUT2D eigenvalue weighted by molar-refractivity contribution is -0.130. The third-order valence-electron chi connectivity index (χ3n) is 6.49. The molecular weight excluding hydrogens is 544 g/mol. The molecule has 0 saturated carbocycles. The van der Waals surface area contributed by atoms with Gasteiger partial charge in [0.15, 0.2) is 5.76 Å². The lowest BCUT2D eigenvalue weighted by Crippen LogP contribution is -2.56. The van der Waals surface area contributed by atoms with Crippen molar-refractivity contribution >= 4 is 27.7 Å². The Hall–Kier alpha value is -3.99. The van der Waals surface area contributed by atoms with E-state index in [1.165, 1.54) is 0 Å². The van der Waals surface area contributed by atoms with Crippen LogP contribution < -0.4 is 15.4 Å². The fourth-order valence-corrected chi connectivity index (χ4v) is 5.56. The Kier molecular flexibility index (Phi) is 10.8. The first-order chi connectivity index (χ1) is 19.4. The minimum Gasteiger partial charge on any atom is -0.356 e. The predicted octanol–water partition coefficient (Wildman–Crippen LogP) is 3.69. The molecule has 2 atom stereocenters. The summed E-state index contributed by atoms with van der Waals surface area (Å²) in [6, 6.07) is 12.2. The summed E-state index contributed by atoms with van der Waals surface area (Å²) in [5, 5.41) is 9.20. The normalized spacial score (nSPS) is 12.9. The van der Waals surface area contributed by atoms with Gasteiger partial charge in [-0.05, 0) is 43.9 Å². The molecule has 11 heteroatoms. The number of unbranched alkanes of at least 4 members (excludes halogenated alkanes) is 1. The highest BCUT2D eigenvalue weighted by Crippen LogP contribution is 2.20. The fourth-order valence-electron chi connectivity index (χ4n) is 4.35. The standard InChI is InChI=1S/C30H38N4O6S/c1-6-7-14-41(38,39)34-30(37)27(19(2)3)33-29(36)25(32-28(35)24-16-20(4)15-21(5)17-24)18-22-8-10-23(11-9-22)26-12-13-31-40-26/h8-13,15-17,19,25,27H,6-7,14,18H2,1-5H3,(H,32,35)(H,33,36)(H,34,37)/t25-,27+/m1/s1. The first-order valence-electron chi connectivity index (χ1n) is 13.6. The SMILES string of the molecule is CCCCS(=O)(=O)NC(=O)[C@@H](NC(=O)[C@@H](Cc1ccc(-c2ccno2)cc1)NC(=O)c1cc(C)cc(C)c1)C(C)C. The Balaban J connectivity index is 1.84. The predicted molar refractivity (Wildman–Crippen MR) is 156 cm³/mol. The third-order valence-corrected chi connectivity index (χ3v) is 7.83. The van der Waals surface area contributed by atoms with Crippen molar-refractivity contribution in [2.75, 3.05) is 5.75 Å². The second kappa shape index (κ2) is 14.1. The molecule has 0 aliphatic carbocycles. The van der Waals surface area contributed by atoms with Gasteiger partial charge >= 0.3 is 0 Å². The Bertz CT molecular complexity index is 1430. The van der Waals surface area contributed by atoms with Crippen LogP contribution in [0.4, 0.5) is 0 Å². The second-order valence-electron chi connectivity index (χ2n) is 10.5. The Labute approximate surface area is 241 Å². The van der Waals surface area contributed by atoms with Crippen molar-refractivity contribution in [3.63, 3.8) is 0 Å². The number of nitrogens with zero attached hydrogens (tertiary/aromatic N) is 1. The molecule has 0 unspecified atom stereocenters. The van der Waals surface area contributed by atoms with Gasteiger partial charge in [-0.15, -0.1) is 0 Å². The first kappa shape index (κ1) is 31.5. The fraction of sp³-hybridized carbons (Fsp3) is 0.400. The summed E-state index contributed by atoms with van der Waals surface area (Å²) in [6.45, 7) is 9.01. The van der Waals surface area contributed by atoms with E-state index in [4.69, 9.17) is 4.52 Å². The highest BCUT2D eigenvalue weighted by atomic mass is 32.2. The topological polar surface area (TPSA) is 147 Å². The van der Waals surface area contributed by atoms with Gasteiger partial charge in [-0.1, -0.05) is 73.8 Å². The molecule has 10 nitrogen and oxygen atoms in total. The Morgan fingerprint density at radius 1 is 0.927 bits per heavy atom. The van der Waals surface area contributed by atoms with Crippen LogP contribution in [0.25, 0.3) is 11.3 Å². The van der Waals surface area contributed by atoms with Crippen molar-refractivity contribution < 1.29 is 27.3 Å². The number of aryl methyl sites for hydroxylation is 2. The minimum absolute atomic E-state index is 0.125. The van der Waals surface area contributed by atoms with E-state index in [0.717, 1.165) is 22.3 Å². The van der Waals surface area contributed by atoms with Crippen LogP contribution >= 0.6 is 0 Å². The van der Waals surface area contributed by atoms with Crippen LogP contribution in [0.1, 0.15) is 60.7 Å². The first-order valence-corrected chi connectivity index (χ1v) is 15.3. The van der Waals surface area contributed by atoms with E-state index in [1.54, 1.807) is 38.2 Å². The summed E-state index contributed by atoms with van der Waals surface area (Å²) in [4.78, 5) is 39.8. The molecule has 3 rings (SSSR count). The number of hydrogen-bond donors (Lipinski definition) is 3. The molecule has 1 heterocycles. The summed E-state index contributed by atoms with van der Waals surface area (Å²) < 4.78 is 32.0. The van der Waals surface area contributed by atoms with Gasteiger partial charge in [0.25, 0.3) is 11.8 Å². The Morgan fingerprint density at radius 2 is 1.59 bits per heavy atom. The molecule has 0 radical (unpaired) electrons. The smallest absolute Gasteiger partial charge is 0.256 e. The molecule has 0 spiro atoms. The third kappa shape index (κ3) is 9.28. The molecule has 0 aliphatic rings. The van der Waals surface area contributed by atoms with E-state index >= 15 is 0 Å². The summed E-state index contributed by atoms with van der Waals surface area (Å²) in [5.41, 5.74) is 3.76. The molecule has 0 fully saturated rings. The molecule has 0 saturated heterocycles. The number of carbonyl (C=O) groups excluding carboxylic acids is 3. The van der Waals surface area contributed by atoms with Crippen molar-refractivity contribution in [3.05, 3.63) is 77.0 Å². The molecule has 0 bridgehead atoms. The van der Waals surface area contributed by atoms with Crippen LogP contribution in [0.5, 0.6) is 0 Å². The maximum atomic E-state index is 13.6. The second-order valence-corrected chi connectivity index (χ2v) is 12.4. The number of sulfonamides is 1. The number of nitrogens with one attached hydrogen (secondary N) is 3. The molecule has 41 heavy (non-hydrogen) atoms. The van der Waals surface area contributed by atoms with Crippen molar-refractivity contribution in [1.82, 2.24) is 20.5 Å². The number of rotatable bonds is 13. The Morgan fingerprint density at radius 3 is 2.15 bits per heavy atom. The summed E-state index contributed by atoms with van der Waals surface area (Å²) in [6.07, 6.45) is 2.73. The van der Waals surface area contributed by atoms with Crippen LogP contribution in [0, 0.1) is 19.8 Å². The number of carbonyl (C=O) groups is 3. The number of hydrogen-bond acceptors (Lipinski definition) is 7. The monoisotopic (exact) mass is 582 g/mol. The van der Waals surface area contributed by atoms with E-state index in [2.05, 4.69) is 20.5 Å². The lowest BCUT2D eigenvalue weighted by Gasteiger charge is -2.25. The van der Waals surface area contributed by atoms with Crippen LogP contribution in [-0.2, 0) is 26.0 Å². The average molecular weight is 583 g/mol. The molecule has 0 aliphatic heterocycles. The van der Waals surface area contributed by atoms with Crippen LogP contribution in [0.15, 0.2) is 59.3 Å². The van der Waals surface area contributed by atoms with Gasteiger partial charge in [-0.3, -0.25) is 19.1 Å². The minimum atomic E-state index is -3.84. The molecule has 220 valence electrons. The highest BCUT2D eigenvalue weighted by Gasteiger charge is 2.31. The maximum absolute atomic E-state index is 13.6. The van der Waals surface area contributed by atoms with Gasteiger partial charge in [0.1, 0.15) is 12.1 Å². The van der Waals surface area contributed by atoms with Gasteiger partial charge in [-0.2, -0.15) is 0 Å². The van der Waals surface area contributed by atoms with E-state index < -0.39 is 45.7 Å². The van der Waals surface area contributed by atoms with Gasteiger partial charge in [0, 0.05) is 23.6 Å². The van der Waals surface area contributed by atoms with Crippen molar-refractivity contribution in [2.45, 2.75) is 66.0 Å². The number of benzene rings is 2. The van der Waals surface area contributed by atoms with Gasteiger partial charge < -0.3 is 15.2 Å². The van der Waals surface area contributed by atoms with Crippen molar-refractivity contribution in [1.29, 1.82) is 0 Å². The summed E-state index contributed by atoms with van der Waals surface area (Å²) in [5.74, 6) is -1.89. The zero-order valence-corrected chi connectivity index (χ0v) is 24.9. The average Bonchev–Trinajstić information content (AvgIpc) is 3.44. The van der Waals surface area contributed by atoms with Crippen LogP contribution in [-0.4, -0.2) is 49.1 Å². The number of amides is 3. The quantitative estimate of drug-likeness (QED) is 0.278. The maximum Gasteiger partial charge on any atom is 0.256 e. The van der Waals surface area contributed by atoms with Crippen molar-refractivity contribution in [3.8, 4) is 11.3 Å². The molecule has 3 amide bonds. The zero-order valence-electron chi connectivity index (χ0n) is 24.1. The van der Waals surface area contributed by atoms with Gasteiger partial charge in [0.05, 0.1) is 11.9 Å². The molecular formula is C30H38N4O6S. The van der Waals surface area contributed by atoms with E-state index in [0.29, 0.717) is 24.2 Å². The molecule has 3 aromatic rings. The highest BCUT2D eigenvalue weighted by molar-refractivity contribution is 7.90.